The smallest absolute Gasteiger partial charge is 0.337 e. The minimum absolute atomic E-state index is 0.118. The predicted molar refractivity (Wildman–Crippen MR) is 61.5 cm³/mol. The zero-order valence-electron chi connectivity index (χ0n) is 8.46. The number of rotatable bonds is 3. The van der Waals surface area contributed by atoms with Crippen molar-refractivity contribution in [3.63, 3.8) is 0 Å². The lowest BCUT2D eigenvalue weighted by Gasteiger charge is -2.04. The third-order valence-electron chi connectivity index (χ3n) is 1.87. The number of carboxylic acids is 1. The molecule has 2 aromatic rings. The SMILES string of the molecule is O=C(O)c1ccc(Nc2cncc(Cl)n2)nc1. The van der Waals surface area contributed by atoms with Gasteiger partial charge in [-0.3, -0.25) is 4.98 Å². The fourth-order valence-corrected chi connectivity index (χ4v) is 1.28. The van der Waals surface area contributed by atoms with E-state index in [2.05, 4.69) is 20.3 Å². The molecule has 0 radical (unpaired) electrons. The average Bonchev–Trinajstić information content (AvgIpc) is 2.29. The van der Waals surface area contributed by atoms with Crippen molar-refractivity contribution in [2.45, 2.75) is 0 Å². The van der Waals surface area contributed by atoms with Crippen LogP contribution in [0.15, 0.2) is 30.7 Å². The molecule has 17 heavy (non-hydrogen) atoms. The molecule has 6 nitrogen and oxygen atoms in total. The van der Waals surface area contributed by atoms with Gasteiger partial charge in [0.25, 0.3) is 0 Å². The minimum Gasteiger partial charge on any atom is -0.478 e. The van der Waals surface area contributed by atoms with E-state index in [0.717, 1.165) is 0 Å². The fourth-order valence-electron chi connectivity index (χ4n) is 1.13. The van der Waals surface area contributed by atoms with Crippen LogP contribution in [0.5, 0.6) is 0 Å². The molecule has 0 atom stereocenters. The van der Waals surface area contributed by atoms with Gasteiger partial charge in [0.1, 0.15) is 11.0 Å². The molecule has 0 fully saturated rings. The molecule has 7 heteroatoms. The summed E-state index contributed by atoms with van der Waals surface area (Å²) in [6, 6.07) is 2.97. The molecule has 0 unspecified atom stereocenters. The van der Waals surface area contributed by atoms with E-state index >= 15 is 0 Å². The lowest BCUT2D eigenvalue weighted by molar-refractivity contribution is 0.0696. The highest BCUT2D eigenvalue weighted by atomic mass is 35.5. The predicted octanol–water partition coefficient (Wildman–Crippen LogP) is 1.97. The Morgan fingerprint density at radius 1 is 1.24 bits per heavy atom. The van der Waals surface area contributed by atoms with Gasteiger partial charge in [0.15, 0.2) is 5.82 Å². The van der Waals surface area contributed by atoms with E-state index in [0.29, 0.717) is 11.6 Å². The van der Waals surface area contributed by atoms with E-state index in [1.807, 2.05) is 0 Å². The van der Waals surface area contributed by atoms with Crippen molar-refractivity contribution in [3.8, 4) is 0 Å². The van der Waals surface area contributed by atoms with Crippen LogP contribution in [0.2, 0.25) is 5.15 Å². The Kier molecular flexibility index (Phi) is 3.15. The third-order valence-corrected chi connectivity index (χ3v) is 2.05. The molecule has 86 valence electrons. The summed E-state index contributed by atoms with van der Waals surface area (Å²) >= 11 is 5.67. The highest BCUT2D eigenvalue weighted by molar-refractivity contribution is 6.29. The largest absolute Gasteiger partial charge is 0.478 e. The first-order chi connectivity index (χ1) is 8.15. The Hall–Kier alpha value is -2.21. The van der Waals surface area contributed by atoms with Gasteiger partial charge >= 0.3 is 5.97 Å². The summed E-state index contributed by atoms with van der Waals surface area (Å²) < 4.78 is 0. The van der Waals surface area contributed by atoms with Gasteiger partial charge in [0.05, 0.1) is 18.0 Å². The van der Waals surface area contributed by atoms with Crippen LogP contribution in [0, 0.1) is 0 Å². The Bertz CT molecular complexity index is 544. The van der Waals surface area contributed by atoms with Crippen LogP contribution in [-0.4, -0.2) is 26.0 Å². The van der Waals surface area contributed by atoms with E-state index in [1.165, 1.54) is 30.7 Å². The zero-order chi connectivity index (χ0) is 12.3. The average molecular weight is 251 g/mol. The van der Waals surface area contributed by atoms with Crippen LogP contribution >= 0.6 is 11.6 Å². The quantitative estimate of drug-likeness (QED) is 0.866. The molecule has 0 bridgehead atoms. The van der Waals surface area contributed by atoms with Gasteiger partial charge in [0, 0.05) is 6.20 Å². The summed E-state index contributed by atoms with van der Waals surface area (Å²) in [6.45, 7) is 0. The number of anilines is 2. The van der Waals surface area contributed by atoms with Gasteiger partial charge in [-0.25, -0.2) is 14.8 Å². The van der Waals surface area contributed by atoms with Gasteiger partial charge in [0.2, 0.25) is 0 Å². The summed E-state index contributed by atoms with van der Waals surface area (Å²) in [6.07, 6.45) is 4.15. The van der Waals surface area contributed by atoms with Crippen LogP contribution in [0.1, 0.15) is 10.4 Å². The standard InChI is InChI=1S/C10H7ClN4O2/c11-7-4-12-5-9(14-7)15-8-2-1-6(3-13-8)10(16)17/h1-5H,(H,16,17)(H,13,14,15). The first-order valence-corrected chi connectivity index (χ1v) is 4.97. The van der Waals surface area contributed by atoms with Crippen LogP contribution in [-0.2, 0) is 0 Å². The van der Waals surface area contributed by atoms with Crippen LogP contribution in [0.4, 0.5) is 11.6 Å². The molecule has 2 heterocycles. The number of carbonyl (C=O) groups is 1. The summed E-state index contributed by atoms with van der Waals surface area (Å²) in [5.74, 6) is -0.119. The van der Waals surface area contributed by atoms with E-state index in [9.17, 15) is 4.79 Å². The Labute approximate surface area is 101 Å². The van der Waals surface area contributed by atoms with E-state index in [1.54, 1.807) is 0 Å². The number of nitrogens with one attached hydrogen (secondary N) is 1. The molecule has 2 aromatic heterocycles. The number of aromatic carboxylic acids is 1. The Balaban J connectivity index is 2.16. The maximum Gasteiger partial charge on any atom is 0.337 e. The molecular formula is C10H7ClN4O2. The van der Waals surface area contributed by atoms with Crippen molar-refractivity contribution in [3.05, 3.63) is 41.4 Å². The number of aromatic nitrogens is 3. The second-order valence-corrected chi connectivity index (χ2v) is 3.48. The van der Waals surface area contributed by atoms with Gasteiger partial charge < -0.3 is 10.4 Å². The number of halogens is 1. The molecule has 0 spiro atoms. The molecule has 0 aliphatic carbocycles. The zero-order valence-corrected chi connectivity index (χ0v) is 9.22. The molecule has 2 rings (SSSR count). The van der Waals surface area contributed by atoms with Crippen molar-refractivity contribution in [1.29, 1.82) is 0 Å². The highest BCUT2D eigenvalue weighted by Gasteiger charge is 2.03. The Morgan fingerprint density at radius 3 is 2.65 bits per heavy atom. The van der Waals surface area contributed by atoms with E-state index in [-0.39, 0.29) is 10.7 Å². The topological polar surface area (TPSA) is 88.0 Å². The summed E-state index contributed by atoms with van der Waals surface area (Å²) in [7, 11) is 0. The van der Waals surface area contributed by atoms with E-state index in [4.69, 9.17) is 16.7 Å². The molecule has 0 aliphatic rings. The van der Waals surface area contributed by atoms with Crippen molar-refractivity contribution < 1.29 is 9.90 Å². The maximum atomic E-state index is 10.6. The second-order valence-electron chi connectivity index (χ2n) is 3.09. The molecule has 2 N–H and O–H groups in total. The summed E-state index contributed by atoms with van der Waals surface area (Å²) in [4.78, 5) is 22.3. The second kappa shape index (κ2) is 4.75. The molecule has 0 saturated carbocycles. The third kappa shape index (κ3) is 2.88. The van der Waals surface area contributed by atoms with Crippen LogP contribution in [0.25, 0.3) is 0 Å². The number of pyridine rings is 1. The van der Waals surface area contributed by atoms with E-state index < -0.39 is 5.97 Å². The number of carboxylic acid groups (broad SMARTS) is 1. The molecule has 0 amide bonds. The van der Waals surface area contributed by atoms with Crippen molar-refractivity contribution in [1.82, 2.24) is 15.0 Å². The van der Waals surface area contributed by atoms with Crippen LogP contribution < -0.4 is 5.32 Å². The first-order valence-electron chi connectivity index (χ1n) is 4.59. The van der Waals surface area contributed by atoms with Gasteiger partial charge in [-0.05, 0) is 12.1 Å². The maximum absolute atomic E-state index is 10.6. The summed E-state index contributed by atoms with van der Waals surface area (Å²) in [5.41, 5.74) is 0.118. The molecule has 0 saturated heterocycles. The lowest BCUT2D eigenvalue weighted by atomic mass is 10.3. The summed E-state index contributed by atoms with van der Waals surface area (Å²) in [5, 5.41) is 11.8. The Morgan fingerprint density at radius 2 is 2.06 bits per heavy atom. The minimum atomic E-state index is -1.02. The van der Waals surface area contributed by atoms with Crippen molar-refractivity contribution >= 4 is 29.2 Å². The number of hydrogen-bond acceptors (Lipinski definition) is 5. The van der Waals surface area contributed by atoms with Crippen molar-refractivity contribution in [2.24, 2.45) is 0 Å². The first kappa shape index (κ1) is 11.3. The monoisotopic (exact) mass is 250 g/mol. The molecule has 0 aromatic carbocycles. The lowest BCUT2D eigenvalue weighted by Crippen LogP contribution is -2.00. The molecular weight excluding hydrogens is 244 g/mol. The molecule has 0 aliphatic heterocycles. The van der Waals surface area contributed by atoms with Gasteiger partial charge in [-0.2, -0.15) is 0 Å². The van der Waals surface area contributed by atoms with Crippen LogP contribution in [0.3, 0.4) is 0 Å². The fraction of sp³-hybridized carbons (Fsp3) is 0. The van der Waals surface area contributed by atoms with Crippen molar-refractivity contribution in [2.75, 3.05) is 5.32 Å². The normalized spacial score (nSPS) is 9.94. The highest BCUT2D eigenvalue weighted by Crippen LogP contribution is 2.13. The van der Waals surface area contributed by atoms with Gasteiger partial charge in [-0.15, -0.1) is 0 Å². The number of hydrogen-bond donors (Lipinski definition) is 2. The van der Waals surface area contributed by atoms with Gasteiger partial charge in [-0.1, -0.05) is 11.6 Å². The number of nitrogens with zero attached hydrogens (tertiary/aromatic N) is 3.